The van der Waals surface area contributed by atoms with E-state index in [0.29, 0.717) is 16.3 Å². The molecule has 1 saturated heterocycles. The number of piperidine rings is 1. The standard InChI is InChI=1S/C23H24ClN5S2/c1-30-17-5-2-6-18(20(17)24)31-22-21(25)28-19(14-27-22)29-10-7-23(8-11-29)12-15-4-3-9-26-16(15)13-23/h2-6,9,14H,7-8,10-13H2,1H3,(H2,25,28). The number of benzene rings is 1. The van der Waals surface area contributed by atoms with Crippen LogP contribution in [-0.4, -0.2) is 34.3 Å². The average molecular weight is 470 g/mol. The van der Waals surface area contributed by atoms with Gasteiger partial charge in [0.2, 0.25) is 0 Å². The number of aromatic nitrogens is 3. The van der Waals surface area contributed by atoms with E-state index in [1.807, 2.05) is 36.8 Å². The monoisotopic (exact) mass is 469 g/mol. The van der Waals surface area contributed by atoms with Crippen molar-refractivity contribution in [3.8, 4) is 0 Å². The van der Waals surface area contributed by atoms with Gasteiger partial charge in [0, 0.05) is 34.8 Å². The van der Waals surface area contributed by atoms with Gasteiger partial charge in [0.25, 0.3) is 0 Å². The molecule has 5 nitrogen and oxygen atoms in total. The molecule has 2 N–H and O–H groups in total. The number of nitrogens with zero attached hydrogens (tertiary/aromatic N) is 4. The zero-order valence-corrected chi connectivity index (χ0v) is 19.7. The number of rotatable bonds is 4. The summed E-state index contributed by atoms with van der Waals surface area (Å²) in [7, 11) is 0. The van der Waals surface area contributed by atoms with Gasteiger partial charge in [0.15, 0.2) is 5.82 Å². The van der Waals surface area contributed by atoms with Crippen molar-refractivity contribution in [3.63, 3.8) is 0 Å². The van der Waals surface area contributed by atoms with Crippen molar-refractivity contribution in [1.82, 2.24) is 15.0 Å². The van der Waals surface area contributed by atoms with Crippen molar-refractivity contribution < 1.29 is 0 Å². The minimum absolute atomic E-state index is 0.348. The van der Waals surface area contributed by atoms with Crippen molar-refractivity contribution >= 4 is 46.8 Å². The molecule has 1 spiro atoms. The van der Waals surface area contributed by atoms with Gasteiger partial charge in [-0.3, -0.25) is 4.98 Å². The van der Waals surface area contributed by atoms with Gasteiger partial charge in [0.05, 0.1) is 11.2 Å². The second-order valence-electron chi connectivity index (χ2n) is 8.24. The number of halogens is 1. The van der Waals surface area contributed by atoms with Crippen LogP contribution in [0.2, 0.25) is 5.02 Å². The predicted molar refractivity (Wildman–Crippen MR) is 129 cm³/mol. The number of thioether (sulfide) groups is 1. The maximum absolute atomic E-state index is 6.51. The number of anilines is 2. The Morgan fingerprint density at radius 2 is 1.87 bits per heavy atom. The van der Waals surface area contributed by atoms with Crippen LogP contribution < -0.4 is 10.6 Å². The Morgan fingerprint density at radius 3 is 2.61 bits per heavy atom. The molecular formula is C23H24ClN5S2. The van der Waals surface area contributed by atoms with Gasteiger partial charge in [-0.2, -0.15) is 0 Å². The molecule has 0 radical (unpaired) electrons. The molecule has 3 aromatic rings. The van der Waals surface area contributed by atoms with E-state index < -0.39 is 0 Å². The van der Waals surface area contributed by atoms with Crippen LogP contribution in [-0.2, 0) is 12.8 Å². The third-order valence-corrected chi connectivity index (χ3v) is 8.83. The van der Waals surface area contributed by atoms with Crippen molar-refractivity contribution in [3.05, 3.63) is 59.0 Å². The van der Waals surface area contributed by atoms with Gasteiger partial charge in [-0.25, -0.2) is 9.97 Å². The molecule has 1 aliphatic heterocycles. The summed E-state index contributed by atoms with van der Waals surface area (Å²) < 4.78 is 0. The predicted octanol–water partition coefficient (Wildman–Crippen LogP) is 5.37. The second-order valence-corrected chi connectivity index (χ2v) is 10.5. The lowest BCUT2D eigenvalue weighted by Gasteiger charge is -2.39. The first-order valence-electron chi connectivity index (χ1n) is 10.4. The Bertz CT molecular complexity index is 1090. The highest BCUT2D eigenvalue weighted by Crippen LogP contribution is 2.44. The highest BCUT2D eigenvalue weighted by atomic mass is 35.5. The number of pyridine rings is 1. The molecule has 5 rings (SSSR count). The van der Waals surface area contributed by atoms with E-state index in [9.17, 15) is 0 Å². The van der Waals surface area contributed by atoms with Gasteiger partial charge >= 0.3 is 0 Å². The lowest BCUT2D eigenvalue weighted by atomic mass is 9.76. The Morgan fingerprint density at radius 1 is 1.06 bits per heavy atom. The molecule has 2 aromatic heterocycles. The normalized spacial score (nSPS) is 17.2. The number of nitrogens with two attached hydrogens (primary N) is 1. The van der Waals surface area contributed by atoms with Gasteiger partial charge in [0.1, 0.15) is 10.8 Å². The second kappa shape index (κ2) is 8.52. The van der Waals surface area contributed by atoms with E-state index in [2.05, 4.69) is 32.0 Å². The SMILES string of the molecule is CSc1cccc(Sc2ncc(N3CCC4(CC3)Cc3cccnc3C4)nc2N)c1Cl. The van der Waals surface area contributed by atoms with E-state index in [0.717, 1.165) is 59.4 Å². The summed E-state index contributed by atoms with van der Waals surface area (Å²) in [6.07, 6.45) is 10.3. The Labute approximate surface area is 196 Å². The average Bonchev–Trinajstić information content (AvgIpc) is 3.14. The third kappa shape index (κ3) is 4.11. The zero-order chi connectivity index (χ0) is 21.4. The molecule has 8 heteroatoms. The van der Waals surface area contributed by atoms with Crippen LogP contribution in [0.15, 0.2) is 57.5 Å². The van der Waals surface area contributed by atoms with E-state index in [1.165, 1.54) is 23.0 Å². The van der Waals surface area contributed by atoms with E-state index in [1.54, 1.807) is 11.8 Å². The summed E-state index contributed by atoms with van der Waals surface area (Å²) in [5.74, 6) is 1.31. The first-order valence-corrected chi connectivity index (χ1v) is 12.8. The lowest BCUT2D eigenvalue weighted by Crippen LogP contribution is -2.41. The molecule has 0 saturated carbocycles. The van der Waals surface area contributed by atoms with Crippen molar-refractivity contribution in [2.24, 2.45) is 5.41 Å². The van der Waals surface area contributed by atoms with Crippen LogP contribution >= 0.6 is 35.1 Å². The van der Waals surface area contributed by atoms with Gasteiger partial charge < -0.3 is 10.6 Å². The van der Waals surface area contributed by atoms with Crippen LogP contribution in [0.1, 0.15) is 24.1 Å². The van der Waals surface area contributed by atoms with E-state index in [4.69, 9.17) is 17.3 Å². The summed E-state index contributed by atoms with van der Waals surface area (Å²) in [6, 6.07) is 10.3. The Kier molecular flexibility index (Phi) is 5.75. The fourth-order valence-electron chi connectivity index (χ4n) is 4.62. The van der Waals surface area contributed by atoms with Crippen molar-refractivity contribution in [2.75, 3.05) is 30.0 Å². The molecule has 0 unspecified atom stereocenters. The molecule has 31 heavy (non-hydrogen) atoms. The quantitative estimate of drug-likeness (QED) is 0.515. The molecule has 0 bridgehead atoms. The summed E-state index contributed by atoms with van der Waals surface area (Å²) in [6.45, 7) is 1.94. The minimum Gasteiger partial charge on any atom is -0.381 e. The summed E-state index contributed by atoms with van der Waals surface area (Å²) in [4.78, 5) is 18.2. The van der Waals surface area contributed by atoms with E-state index in [-0.39, 0.29) is 0 Å². The summed E-state index contributed by atoms with van der Waals surface area (Å²) in [5.41, 5.74) is 9.34. The third-order valence-electron chi connectivity index (χ3n) is 6.35. The number of hydrogen-bond acceptors (Lipinski definition) is 7. The molecule has 3 heterocycles. The van der Waals surface area contributed by atoms with Crippen LogP contribution in [0.25, 0.3) is 0 Å². The van der Waals surface area contributed by atoms with Gasteiger partial charge in [-0.05, 0) is 61.1 Å². The molecule has 1 fully saturated rings. The van der Waals surface area contributed by atoms with Crippen LogP contribution in [0.3, 0.4) is 0 Å². The number of hydrogen-bond donors (Lipinski definition) is 1. The number of nitrogen functional groups attached to an aromatic ring is 1. The maximum atomic E-state index is 6.51. The van der Waals surface area contributed by atoms with Crippen LogP contribution in [0, 0.1) is 5.41 Å². The number of fused-ring (bicyclic) bond motifs is 1. The van der Waals surface area contributed by atoms with Gasteiger partial charge in [-0.1, -0.05) is 35.5 Å². The topological polar surface area (TPSA) is 67.9 Å². The summed E-state index contributed by atoms with van der Waals surface area (Å²) >= 11 is 9.60. The van der Waals surface area contributed by atoms with Crippen molar-refractivity contribution in [1.29, 1.82) is 0 Å². The molecular weight excluding hydrogens is 446 g/mol. The lowest BCUT2D eigenvalue weighted by molar-refractivity contribution is 0.231. The minimum atomic E-state index is 0.348. The fourth-order valence-corrected chi connectivity index (χ4v) is 6.47. The fraction of sp³-hybridized carbons (Fsp3) is 0.348. The highest BCUT2D eigenvalue weighted by Gasteiger charge is 2.40. The Balaban J connectivity index is 1.27. The van der Waals surface area contributed by atoms with Crippen molar-refractivity contribution in [2.45, 2.75) is 40.5 Å². The summed E-state index contributed by atoms with van der Waals surface area (Å²) in [5, 5.41) is 1.42. The largest absolute Gasteiger partial charge is 0.381 e. The smallest absolute Gasteiger partial charge is 0.158 e. The zero-order valence-electron chi connectivity index (χ0n) is 17.3. The van der Waals surface area contributed by atoms with E-state index >= 15 is 0 Å². The first kappa shape index (κ1) is 20.9. The molecule has 2 aliphatic rings. The van der Waals surface area contributed by atoms with Gasteiger partial charge in [-0.15, -0.1) is 11.8 Å². The molecule has 160 valence electrons. The first-order chi connectivity index (χ1) is 15.1. The molecule has 0 atom stereocenters. The Hall–Kier alpha value is -1.96. The van der Waals surface area contributed by atoms with Crippen LogP contribution in [0.4, 0.5) is 11.6 Å². The maximum Gasteiger partial charge on any atom is 0.158 e. The molecule has 0 amide bonds. The highest BCUT2D eigenvalue weighted by molar-refractivity contribution is 8.00. The molecule has 1 aliphatic carbocycles. The molecule has 1 aromatic carbocycles. The van der Waals surface area contributed by atoms with Crippen LogP contribution in [0.5, 0.6) is 0 Å².